The molecule has 3 fully saturated rings. The van der Waals surface area contributed by atoms with Gasteiger partial charge in [-0.25, -0.2) is 0 Å². The minimum absolute atomic E-state index is 0.0291. The van der Waals surface area contributed by atoms with Crippen molar-refractivity contribution in [2.75, 3.05) is 6.61 Å². The van der Waals surface area contributed by atoms with E-state index in [-0.39, 0.29) is 30.0 Å². The van der Waals surface area contributed by atoms with E-state index in [0.717, 1.165) is 6.42 Å². The molecule has 5 heteroatoms. The number of hydrogen-bond acceptors (Lipinski definition) is 3. The summed E-state index contributed by atoms with van der Waals surface area (Å²) in [5, 5.41) is 2.85. The molecule has 2 amide bonds. The summed E-state index contributed by atoms with van der Waals surface area (Å²) in [6, 6.07) is -0.270. The van der Waals surface area contributed by atoms with Gasteiger partial charge in [-0.15, -0.1) is 0 Å². The summed E-state index contributed by atoms with van der Waals surface area (Å²) in [7, 11) is 0. The maximum Gasteiger partial charge on any atom is 0.248 e. The molecule has 112 valence electrons. The Hall–Kier alpha value is -1.10. The Balaban J connectivity index is 1.90. The van der Waals surface area contributed by atoms with Crippen molar-refractivity contribution in [2.45, 2.75) is 70.2 Å². The van der Waals surface area contributed by atoms with E-state index in [1.165, 1.54) is 12.8 Å². The molecule has 3 atom stereocenters. The van der Waals surface area contributed by atoms with Gasteiger partial charge in [-0.05, 0) is 45.4 Å². The van der Waals surface area contributed by atoms with Crippen LogP contribution in [0.1, 0.15) is 46.5 Å². The van der Waals surface area contributed by atoms with E-state index in [0.29, 0.717) is 18.9 Å². The zero-order valence-corrected chi connectivity index (χ0v) is 12.5. The van der Waals surface area contributed by atoms with E-state index in [1.807, 2.05) is 11.8 Å². The summed E-state index contributed by atoms with van der Waals surface area (Å²) >= 11 is 0. The molecule has 1 N–H and O–H groups in total. The van der Waals surface area contributed by atoms with Gasteiger partial charge in [-0.3, -0.25) is 9.59 Å². The van der Waals surface area contributed by atoms with Crippen molar-refractivity contribution in [1.82, 2.24) is 10.2 Å². The summed E-state index contributed by atoms with van der Waals surface area (Å²) in [5.74, 6) is 0.588. The molecule has 3 unspecified atom stereocenters. The molecule has 2 aliphatic heterocycles. The highest BCUT2D eigenvalue weighted by Crippen LogP contribution is 2.41. The van der Waals surface area contributed by atoms with Crippen LogP contribution >= 0.6 is 0 Å². The topological polar surface area (TPSA) is 58.6 Å². The largest absolute Gasteiger partial charge is 0.376 e. The monoisotopic (exact) mass is 280 g/mol. The predicted molar refractivity (Wildman–Crippen MR) is 74.0 cm³/mol. The van der Waals surface area contributed by atoms with Crippen LogP contribution in [-0.4, -0.2) is 47.0 Å². The summed E-state index contributed by atoms with van der Waals surface area (Å²) in [5.41, 5.74) is -0.806. The Morgan fingerprint density at radius 2 is 2.00 bits per heavy atom. The Morgan fingerprint density at radius 1 is 1.30 bits per heavy atom. The lowest BCUT2D eigenvalue weighted by Gasteiger charge is -2.46. The van der Waals surface area contributed by atoms with E-state index >= 15 is 0 Å². The molecule has 20 heavy (non-hydrogen) atoms. The predicted octanol–water partition coefficient (Wildman–Crippen LogP) is 1.07. The Morgan fingerprint density at radius 3 is 2.60 bits per heavy atom. The number of carbonyl (C=O) groups excluding carboxylic acids is 2. The second-order valence-corrected chi connectivity index (χ2v) is 6.78. The first-order valence-electron chi connectivity index (χ1n) is 7.72. The van der Waals surface area contributed by atoms with Gasteiger partial charge in [0.1, 0.15) is 11.6 Å². The van der Waals surface area contributed by atoms with Gasteiger partial charge in [0.2, 0.25) is 11.8 Å². The molecule has 3 aliphatic rings. The van der Waals surface area contributed by atoms with Gasteiger partial charge in [-0.1, -0.05) is 6.92 Å². The minimum Gasteiger partial charge on any atom is -0.376 e. The van der Waals surface area contributed by atoms with Crippen LogP contribution in [-0.2, 0) is 14.3 Å². The highest BCUT2D eigenvalue weighted by atomic mass is 16.5. The Labute approximate surface area is 120 Å². The van der Waals surface area contributed by atoms with Gasteiger partial charge in [0.05, 0.1) is 12.1 Å². The third-order valence-corrected chi connectivity index (χ3v) is 4.78. The van der Waals surface area contributed by atoms with Crippen molar-refractivity contribution in [3.05, 3.63) is 0 Å². The van der Waals surface area contributed by atoms with Gasteiger partial charge >= 0.3 is 0 Å². The maximum atomic E-state index is 12.8. The lowest BCUT2D eigenvalue weighted by molar-refractivity contribution is -0.158. The lowest BCUT2D eigenvalue weighted by Crippen LogP contribution is -2.70. The molecule has 2 saturated heterocycles. The van der Waals surface area contributed by atoms with Crippen molar-refractivity contribution in [3.63, 3.8) is 0 Å². The molecule has 0 spiro atoms. The van der Waals surface area contributed by atoms with Crippen molar-refractivity contribution in [3.8, 4) is 0 Å². The number of nitrogens with zero attached hydrogens (tertiary/aromatic N) is 1. The number of rotatable bonds is 3. The molecule has 3 rings (SSSR count). The second kappa shape index (κ2) is 4.72. The Bertz CT molecular complexity index is 431. The molecule has 0 bridgehead atoms. The number of piperazine rings is 1. The van der Waals surface area contributed by atoms with Crippen LogP contribution in [0, 0.1) is 5.92 Å². The van der Waals surface area contributed by atoms with E-state index in [4.69, 9.17) is 4.74 Å². The maximum absolute atomic E-state index is 12.8. The van der Waals surface area contributed by atoms with Crippen molar-refractivity contribution < 1.29 is 14.3 Å². The van der Waals surface area contributed by atoms with Crippen LogP contribution in [0.5, 0.6) is 0 Å². The molecule has 1 aliphatic carbocycles. The average Bonchev–Trinajstić information content (AvgIpc) is 3.11. The quantitative estimate of drug-likeness (QED) is 0.841. The molecule has 0 aromatic rings. The van der Waals surface area contributed by atoms with Gasteiger partial charge in [0.25, 0.3) is 0 Å². The molecule has 2 heterocycles. The summed E-state index contributed by atoms with van der Waals surface area (Å²) < 4.78 is 5.86. The van der Waals surface area contributed by atoms with Gasteiger partial charge in [0, 0.05) is 6.61 Å². The van der Waals surface area contributed by atoms with E-state index in [9.17, 15) is 9.59 Å². The molecular weight excluding hydrogens is 256 g/mol. The van der Waals surface area contributed by atoms with Crippen LogP contribution in [0.25, 0.3) is 0 Å². The lowest BCUT2D eigenvalue weighted by atomic mass is 9.91. The number of carbonyl (C=O) groups is 2. The highest BCUT2D eigenvalue weighted by Gasteiger charge is 2.52. The van der Waals surface area contributed by atoms with Crippen molar-refractivity contribution in [1.29, 1.82) is 0 Å². The van der Waals surface area contributed by atoms with Crippen molar-refractivity contribution >= 4 is 11.8 Å². The highest BCUT2D eigenvalue weighted by molar-refractivity contribution is 5.99. The van der Waals surface area contributed by atoms with Gasteiger partial charge < -0.3 is 15.0 Å². The van der Waals surface area contributed by atoms with Crippen LogP contribution in [0.4, 0.5) is 0 Å². The van der Waals surface area contributed by atoms with Crippen LogP contribution in [0.15, 0.2) is 0 Å². The second-order valence-electron chi connectivity index (χ2n) is 6.78. The molecule has 0 aromatic heterocycles. The summed E-state index contributed by atoms with van der Waals surface area (Å²) in [6.07, 6.45) is 4.02. The summed E-state index contributed by atoms with van der Waals surface area (Å²) in [4.78, 5) is 26.9. The van der Waals surface area contributed by atoms with Crippen LogP contribution in [0.3, 0.4) is 0 Å². The van der Waals surface area contributed by atoms with Gasteiger partial charge in [-0.2, -0.15) is 0 Å². The fourth-order valence-electron chi connectivity index (χ4n) is 3.57. The first kappa shape index (κ1) is 13.9. The zero-order valence-electron chi connectivity index (χ0n) is 12.5. The number of nitrogens with one attached hydrogen (secondary N) is 1. The molecule has 5 nitrogen and oxygen atoms in total. The smallest absolute Gasteiger partial charge is 0.248 e. The SMILES string of the molecule is CCC1C(=O)NC(C)(C)C(=O)N1C1CCOC1C1CC1. The first-order chi connectivity index (χ1) is 9.45. The normalized spacial score (nSPS) is 37.1. The number of ether oxygens (including phenoxy) is 1. The molecule has 0 radical (unpaired) electrons. The zero-order chi connectivity index (χ0) is 14.5. The van der Waals surface area contributed by atoms with E-state index in [2.05, 4.69) is 5.32 Å². The van der Waals surface area contributed by atoms with Crippen LogP contribution in [0.2, 0.25) is 0 Å². The molecule has 1 saturated carbocycles. The fourth-order valence-corrected chi connectivity index (χ4v) is 3.57. The fraction of sp³-hybridized carbons (Fsp3) is 0.867. The number of amides is 2. The van der Waals surface area contributed by atoms with E-state index < -0.39 is 5.54 Å². The van der Waals surface area contributed by atoms with Crippen LogP contribution < -0.4 is 5.32 Å². The van der Waals surface area contributed by atoms with E-state index in [1.54, 1.807) is 13.8 Å². The minimum atomic E-state index is -0.806. The van der Waals surface area contributed by atoms with Crippen molar-refractivity contribution in [2.24, 2.45) is 5.92 Å². The molecule has 0 aromatic carbocycles. The Kier molecular flexibility index (Phi) is 3.27. The molecular formula is C15H24N2O3. The third-order valence-electron chi connectivity index (χ3n) is 4.78. The number of hydrogen-bond donors (Lipinski definition) is 1. The standard InChI is InChI=1S/C15H24N2O3/c1-4-10-13(18)16-15(2,3)14(19)17(10)11-7-8-20-12(11)9-5-6-9/h9-12H,4-8H2,1-3H3,(H,16,18). The third kappa shape index (κ3) is 2.12. The average molecular weight is 280 g/mol. The summed E-state index contributed by atoms with van der Waals surface area (Å²) in [6.45, 7) is 6.24. The van der Waals surface area contributed by atoms with Gasteiger partial charge in [0.15, 0.2) is 0 Å². The first-order valence-corrected chi connectivity index (χ1v) is 7.72.